The van der Waals surface area contributed by atoms with E-state index >= 15 is 0 Å². The molecule has 0 saturated carbocycles. The number of piperazine rings is 1. The van der Waals surface area contributed by atoms with Gasteiger partial charge < -0.3 is 25.6 Å². The van der Waals surface area contributed by atoms with Crippen LogP contribution in [-0.2, 0) is 9.53 Å². The summed E-state index contributed by atoms with van der Waals surface area (Å²) in [6.07, 6.45) is 0.449. The predicted octanol–water partition coefficient (Wildman–Crippen LogP) is -1.29. The molecule has 1 atom stereocenters. The summed E-state index contributed by atoms with van der Waals surface area (Å²) < 4.78 is 4.97. The summed E-state index contributed by atoms with van der Waals surface area (Å²) in [5.41, 5.74) is 5.42. The van der Waals surface area contributed by atoms with Crippen molar-refractivity contribution in [2.45, 2.75) is 12.5 Å². The Hall–Kier alpha value is -0.690. The monoisotopic (exact) mass is 258 g/mol. The molecule has 0 aliphatic carbocycles. The van der Waals surface area contributed by atoms with Gasteiger partial charge in [0.2, 0.25) is 5.91 Å². The molecule has 0 bridgehead atoms. The lowest BCUT2D eigenvalue weighted by atomic mass is 10.3. The van der Waals surface area contributed by atoms with Crippen molar-refractivity contribution in [3.8, 4) is 0 Å². The number of hydrogen-bond acceptors (Lipinski definition) is 5. The van der Waals surface area contributed by atoms with Crippen LogP contribution in [0.3, 0.4) is 0 Å². The number of likely N-dealkylation sites (N-methyl/N-ethyl adjacent to an activating group) is 1. The minimum atomic E-state index is -0.520. The van der Waals surface area contributed by atoms with Crippen LogP contribution in [0.4, 0.5) is 0 Å². The third-order valence-corrected chi connectivity index (χ3v) is 3.34. The Morgan fingerprint density at radius 2 is 2.06 bits per heavy atom. The minimum absolute atomic E-state index is 0.113. The van der Waals surface area contributed by atoms with Crippen LogP contribution in [0, 0.1) is 0 Å². The fraction of sp³-hybridized carbons (Fsp3) is 0.917. The molecule has 1 aliphatic heterocycles. The molecule has 1 amide bonds. The van der Waals surface area contributed by atoms with E-state index in [9.17, 15) is 4.79 Å². The molecule has 0 spiro atoms. The standard InChI is InChI=1S/C12H26N4O2/c1-15-6-8-16(9-7-15)5-3-4-14-12(17)11(10-13)18-2/h11H,3-10,13H2,1-2H3,(H,14,17). The summed E-state index contributed by atoms with van der Waals surface area (Å²) in [6.45, 7) is 6.44. The van der Waals surface area contributed by atoms with Crippen LogP contribution >= 0.6 is 0 Å². The van der Waals surface area contributed by atoms with Gasteiger partial charge in [-0.2, -0.15) is 0 Å². The van der Waals surface area contributed by atoms with E-state index in [-0.39, 0.29) is 12.5 Å². The molecule has 1 rings (SSSR count). The number of nitrogens with one attached hydrogen (secondary N) is 1. The maximum atomic E-state index is 11.6. The molecule has 1 unspecified atom stereocenters. The SMILES string of the molecule is COC(CN)C(=O)NCCCN1CCN(C)CC1. The fourth-order valence-electron chi connectivity index (χ4n) is 2.01. The van der Waals surface area contributed by atoms with Gasteiger partial charge in [-0.05, 0) is 20.0 Å². The summed E-state index contributed by atoms with van der Waals surface area (Å²) in [7, 11) is 3.65. The van der Waals surface area contributed by atoms with E-state index in [0.29, 0.717) is 6.54 Å². The van der Waals surface area contributed by atoms with Gasteiger partial charge in [-0.3, -0.25) is 4.79 Å². The largest absolute Gasteiger partial charge is 0.370 e. The van der Waals surface area contributed by atoms with Crippen molar-refractivity contribution in [2.24, 2.45) is 5.73 Å². The van der Waals surface area contributed by atoms with Crippen molar-refractivity contribution in [2.75, 3.05) is 60.0 Å². The molecule has 1 saturated heterocycles. The molecule has 0 aromatic carbocycles. The quantitative estimate of drug-likeness (QED) is 0.556. The Kier molecular flexibility index (Phi) is 7.19. The van der Waals surface area contributed by atoms with E-state index in [0.717, 1.165) is 39.1 Å². The highest BCUT2D eigenvalue weighted by atomic mass is 16.5. The molecule has 1 fully saturated rings. The summed E-state index contributed by atoms with van der Waals surface area (Å²) >= 11 is 0. The number of ether oxygens (including phenoxy) is 1. The maximum absolute atomic E-state index is 11.6. The van der Waals surface area contributed by atoms with Crippen LogP contribution in [-0.4, -0.2) is 81.8 Å². The number of nitrogens with zero attached hydrogens (tertiary/aromatic N) is 2. The average molecular weight is 258 g/mol. The highest BCUT2D eigenvalue weighted by Gasteiger charge is 2.15. The number of carbonyl (C=O) groups excluding carboxylic acids is 1. The summed E-state index contributed by atoms with van der Waals surface area (Å²) in [5.74, 6) is -0.113. The molecule has 3 N–H and O–H groups in total. The van der Waals surface area contributed by atoms with Crippen molar-refractivity contribution >= 4 is 5.91 Å². The van der Waals surface area contributed by atoms with Gasteiger partial charge in [0.05, 0.1) is 0 Å². The van der Waals surface area contributed by atoms with Gasteiger partial charge in [0.15, 0.2) is 0 Å². The minimum Gasteiger partial charge on any atom is -0.370 e. The summed E-state index contributed by atoms with van der Waals surface area (Å²) in [5, 5.41) is 2.85. The first-order valence-electron chi connectivity index (χ1n) is 6.59. The van der Waals surface area contributed by atoms with Crippen LogP contribution in [0.2, 0.25) is 0 Å². The van der Waals surface area contributed by atoms with E-state index in [1.54, 1.807) is 0 Å². The van der Waals surface area contributed by atoms with Crippen LogP contribution in [0.25, 0.3) is 0 Å². The van der Waals surface area contributed by atoms with Crippen molar-refractivity contribution < 1.29 is 9.53 Å². The van der Waals surface area contributed by atoms with E-state index in [1.165, 1.54) is 7.11 Å². The van der Waals surface area contributed by atoms with Gasteiger partial charge in [-0.1, -0.05) is 0 Å². The number of carbonyl (C=O) groups is 1. The van der Waals surface area contributed by atoms with Crippen LogP contribution in [0.5, 0.6) is 0 Å². The summed E-state index contributed by atoms with van der Waals surface area (Å²) in [4.78, 5) is 16.3. The molecular weight excluding hydrogens is 232 g/mol. The predicted molar refractivity (Wildman–Crippen MR) is 71.4 cm³/mol. The molecule has 1 heterocycles. The van der Waals surface area contributed by atoms with Gasteiger partial charge in [-0.15, -0.1) is 0 Å². The molecule has 0 radical (unpaired) electrons. The first kappa shape index (κ1) is 15.4. The third kappa shape index (κ3) is 5.30. The van der Waals surface area contributed by atoms with Crippen LogP contribution in [0.15, 0.2) is 0 Å². The van der Waals surface area contributed by atoms with Crippen molar-refractivity contribution in [1.29, 1.82) is 0 Å². The van der Waals surface area contributed by atoms with Gasteiger partial charge in [-0.25, -0.2) is 0 Å². The van der Waals surface area contributed by atoms with Crippen LogP contribution < -0.4 is 11.1 Å². The van der Waals surface area contributed by atoms with Gasteiger partial charge >= 0.3 is 0 Å². The molecule has 1 aliphatic rings. The highest BCUT2D eigenvalue weighted by molar-refractivity contribution is 5.80. The molecule has 18 heavy (non-hydrogen) atoms. The first-order chi connectivity index (χ1) is 8.67. The zero-order valence-corrected chi connectivity index (χ0v) is 11.5. The second-order valence-electron chi connectivity index (χ2n) is 4.75. The number of nitrogens with two attached hydrogens (primary N) is 1. The number of hydrogen-bond donors (Lipinski definition) is 2. The zero-order chi connectivity index (χ0) is 13.4. The highest BCUT2D eigenvalue weighted by Crippen LogP contribution is 1.99. The van der Waals surface area contributed by atoms with Gasteiger partial charge in [0, 0.05) is 46.4 Å². The molecule has 0 aromatic heterocycles. The Morgan fingerprint density at radius 1 is 1.39 bits per heavy atom. The van der Waals surface area contributed by atoms with E-state index in [2.05, 4.69) is 22.2 Å². The second kappa shape index (κ2) is 8.42. The van der Waals surface area contributed by atoms with E-state index in [1.807, 2.05) is 0 Å². The van der Waals surface area contributed by atoms with Crippen LogP contribution in [0.1, 0.15) is 6.42 Å². The van der Waals surface area contributed by atoms with E-state index < -0.39 is 6.10 Å². The summed E-state index contributed by atoms with van der Waals surface area (Å²) in [6, 6.07) is 0. The maximum Gasteiger partial charge on any atom is 0.250 e. The second-order valence-corrected chi connectivity index (χ2v) is 4.75. The van der Waals surface area contributed by atoms with Crippen molar-refractivity contribution in [3.05, 3.63) is 0 Å². The molecular formula is C12H26N4O2. The lowest BCUT2D eigenvalue weighted by molar-refractivity contribution is -0.130. The van der Waals surface area contributed by atoms with Crippen molar-refractivity contribution in [1.82, 2.24) is 15.1 Å². The average Bonchev–Trinajstić information content (AvgIpc) is 2.38. The topological polar surface area (TPSA) is 70.8 Å². The van der Waals surface area contributed by atoms with Gasteiger partial charge in [0.25, 0.3) is 0 Å². The normalized spacial score (nSPS) is 19.7. The lowest BCUT2D eigenvalue weighted by Gasteiger charge is -2.32. The molecule has 6 heteroatoms. The Bertz CT molecular complexity index is 238. The smallest absolute Gasteiger partial charge is 0.250 e. The molecule has 0 aromatic rings. The fourth-order valence-corrected chi connectivity index (χ4v) is 2.01. The Balaban J connectivity index is 2.06. The van der Waals surface area contributed by atoms with E-state index in [4.69, 9.17) is 10.5 Å². The third-order valence-electron chi connectivity index (χ3n) is 3.34. The number of methoxy groups -OCH3 is 1. The number of amides is 1. The van der Waals surface area contributed by atoms with Crippen molar-refractivity contribution in [3.63, 3.8) is 0 Å². The lowest BCUT2D eigenvalue weighted by Crippen LogP contribution is -2.45. The first-order valence-corrected chi connectivity index (χ1v) is 6.59. The van der Waals surface area contributed by atoms with Gasteiger partial charge in [0.1, 0.15) is 6.10 Å². The molecule has 6 nitrogen and oxygen atoms in total. The zero-order valence-electron chi connectivity index (χ0n) is 11.5. The Labute approximate surface area is 109 Å². The molecule has 106 valence electrons. The number of rotatable bonds is 7. The Morgan fingerprint density at radius 3 is 2.61 bits per heavy atom.